The second-order valence-electron chi connectivity index (χ2n) is 3.94. The van der Waals surface area contributed by atoms with Gasteiger partial charge in [0.05, 0.1) is 11.6 Å². The summed E-state index contributed by atoms with van der Waals surface area (Å²) in [5.41, 5.74) is 6.11. The van der Waals surface area contributed by atoms with Crippen molar-refractivity contribution in [2.24, 2.45) is 5.73 Å². The summed E-state index contributed by atoms with van der Waals surface area (Å²) in [6, 6.07) is -0.349. The molecule has 0 saturated carbocycles. The summed E-state index contributed by atoms with van der Waals surface area (Å²) in [5, 5.41) is 9.87. The van der Waals surface area contributed by atoms with Gasteiger partial charge >= 0.3 is 0 Å². The quantitative estimate of drug-likeness (QED) is 0.640. The molecule has 0 saturated heterocycles. The smallest absolute Gasteiger partial charge is 0.0808 e. The average molecular weight is 183 g/mol. The summed E-state index contributed by atoms with van der Waals surface area (Å²) in [7, 11) is 0. The summed E-state index contributed by atoms with van der Waals surface area (Å²) in [6.07, 6.45) is 5.22. The first-order valence-electron chi connectivity index (χ1n) is 4.64. The predicted molar refractivity (Wildman–Crippen MR) is 57.5 cm³/mol. The zero-order valence-corrected chi connectivity index (χ0v) is 8.88. The van der Waals surface area contributed by atoms with E-state index in [1.54, 1.807) is 13.0 Å². The Kier molecular flexibility index (Phi) is 4.96. The van der Waals surface area contributed by atoms with Crippen molar-refractivity contribution in [3.05, 3.63) is 24.3 Å². The third kappa shape index (κ3) is 4.86. The van der Waals surface area contributed by atoms with Crippen LogP contribution >= 0.6 is 0 Å². The molecule has 0 radical (unpaired) electrons. The molecule has 0 spiro atoms. The first-order valence-corrected chi connectivity index (χ1v) is 4.64. The van der Waals surface area contributed by atoms with E-state index in [9.17, 15) is 5.11 Å². The molecule has 2 heteroatoms. The van der Waals surface area contributed by atoms with E-state index < -0.39 is 5.60 Å². The van der Waals surface area contributed by atoms with Gasteiger partial charge in [0, 0.05) is 0 Å². The number of hydrogen-bond acceptors (Lipinski definition) is 2. The van der Waals surface area contributed by atoms with Crippen LogP contribution in [0.15, 0.2) is 24.3 Å². The largest absolute Gasteiger partial charge is 0.388 e. The molecular weight excluding hydrogens is 162 g/mol. The van der Waals surface area contributed by atoms with E-state index in [0.29, 0.717) is 6.42 Å². The van der Waals surface area contributed by atoms with Crippen LogP contribution in [0.5, 0.6) is 0 Å². The van der Waals surface area contributed by atoms with E-state index in [1.165, 1.54) is 5.57 Å². The number of allylic oxidation sites excluding steroid dienone is 2. The minimum absolute atomic E-state index is 0.349. The van der Waals surface area contributed by atoms with Crippen LogP contribution in [0.4, 0.5) is 0 Å². The van der Waals surface area contributed by atoms with Crippen LogP contribution in [0.1, 0.15) is 33.6 Å². The summed E-state index contributed by atoms with van der Waals surface area (Å²) < 4.78 is 0. The minimum atomic E-state index is -0.840. The molecule has 0 unspecified atom stereocenters. The van der Waals surface area contributed by atoms with E-state index in [0.717, 1.165) is 6.42 Å². The molecule has 2 atom stereocenters. The van der Waals surface area contributed by atoms with Crippen molar-refractivity contribution in [1.29, 1.82) is 0 Å². The Balaban J connectivity index is 4.03. The molecule has 0 aliphatic rings. The number of nitrogens with two attached hydrogens (primary N) is 1. The van der Waals surface area contributed by atoms with Crippen molar-refractivity contribution >= 4 is 0 Å². The van der Waals surface area contributed by atoms with Crippen molar-refractivity contribution in [3.63, 3.8) is 0 Å². The van der Waals surface area contributed by atoms with Gasteiger partial charge in [0.2, 0.25) is 0 Å². The fourth-order valence-electron chi connectivity index (χ4n) is 1.07. The molecular formula is C11H21NO. The minimum Gasteiger partial charge on any atom is -0.388 e. The topological polar surface area (TPSA) is 46.2 Å². The predicted octanol–water partition coefficient (Wildman–Crippen LogP) is 2.00. The normalized spacial score (nSPS) is 17.3. The van der Waals surface area contributed by atoms with Crippen LogP contribution in [0.2, 0.25) is 0 Å². The van der Waals surface area contributed by atoms with Gasteiger partial charge < -0.3 is 10.8 Å². The zero-order valence-electron chi connectivity index (χ0n) is 8.88. The molecule has 0 heterocycles. The Bertz CT molecular complexity index is 190. The first-order chi connectivity index (χ1) is 5.90. The van der Waals surface area contributed by atoms with Gasteiger partial charge in [0.15, 0.2) is 0 Å². The van der Waals surface area contributed by atoms with Gasteiger partial charge in [0.1, 0.15) is 0 Å². The highest BCUT2D eigenvalue weighted by molar-refractivity contribution is 5.00. The standard InChI is InChI=1S/C11H21NO/c1-5-10(12)11(4,13)8-6-7-9(2)3/h5,7,10,13H,1,6,8,12H2,2-4H3/t10-,11+/m1/s1. The SMILES string of the molecule is C=C[C@@H](N)[C@@](C)(O)CCC=C(C)C. The highest BCUT2D eigenvalue weighted by Crippen LogP contribution is 2.17. The lowest BCUT2D eigenvalue weighted by molar-refractivity contribution is 0.0394. The molecule has 0 aromatic carbocycles. The number of aliphatic hydroxyl groups is 1. The van der Waals surface area contributed by atoms with Crippen LogP contribution in [-0.2, 0) is 0 Å². The second-order valence-corrected chi connectivity index (χ2v) is 3.94. The van der Waals surface area contributed by atoms with Gasteiger partial charge in [-0.3, -0.25) is 0 Å². The van der Waals surface area contributed by atoms with Crippen molar-refractivity contribution < 1.29 is 5.11 Å². The molecule has 76 valence electrons. The third-order valence-electron chi connectivity index (χ3n) is 2.18. The molecule has 3 N–H and O–H groups in total. The van der Waals surface area contributed by atoms with Crippen molar-refractivity contribution in [2.75, 3.05) is 0 Å². The molecule has 0 aromatic rings. The lowest BCUT2D eigenvalue weighted by Gasteiger charge is -2.27. The summed E-state index contributed by atoms with van der Waals surface area (Å²) in [5.74, 6) is 0. The molecule has 13 heavy (non-hydrogen) atoms. The molecule has 0 fully saturated rings. The molecule has 0 aliphatic heterocycles. The Morgan fingerprint density at radius 1 is 1.62 bits per heavy atom. The van der Waals surface area contributed by atoms with Crippen LogP contribution in [0.3, 0.4) is 0 Å². The van der Waals surface area contributed by atoms with Gasteiger partial charge in [-0.05, 0) is 33.6 Å². The first kappa shape index (κ1) is 12.4. The Morgan fingerprint density at radius 3 is 2.54 bits per heavy atom. The van der Waals surface area contributed by atoms with Gasteiger partial charge in [0.25, 0.3) is 0 Å². The Labute approximate surface area is 81.1 Å². The third-order valence-corrected chi connectivity index (χ3v) is 2.18. The van der Waals surface area contributed by atoms with E-state index >= 15 is 0 Å². The van der Waals surface area contributed by atoms with Gasteiger partial charge in [-0.15, -0.1) is 6.58 Å². The van der Waals surface area contributed by atoms with Crippen LogP contribution in [-0.4, -0.2) is 16.7 Å². The molecule has 0 amide bonds. The zero-order chi connectivity index (χ0) is 10.5. The van der Waals surface area contributed by atoms with Crippen molar-refractivity contribution in [1.82, 2.24) is 0 Å². The van der Waals surface area contributed by atoms with Crippen LogP contribution in [0, 0.1) is 0 Å². The maximum atomic E-state index is 9.87. The molecule has 0 bridgehead atoms. The van der Waals surface area contributed by atoms with E-state index in [2.05, 4.69) is 12.7 Å². The summed E-state index contributed by atoms with van der Waals surface area (Å²) >= 11 is 0. The molecule has 0 rings (SSSR count). The monoisotopic (exact) mass is 183 g/mol. The summed E-state index contributed by atoms with van der Waals surface area (Å²) in [6.45, 7) is 9.41. The van der Waals surface area contributed by atoms with E-state index in [4.69, 9.17) is 5.73 Å². The van der Waals surface area contributed by atoms with Crippen LogP contribution in [0.25, 0.3) is 0 Å². The highest BCUT2D eigenvalue weighted by atomic mass is 16.3. The van der Waals surface area contributed by atoms with Crippen molar-refractivity contribution in [2.45, 2.75) is 45.3 Å². The van der Waals surface area contributed by atoms with Gasteiger partial charge in [-0.1, -0.05) is 17.7 Å². The lowest BCUT2D eigenvalue weighted by atomic mass is 9.91. The average Bonchev–Trinajstić information content (AvgIpc) is 2.01. The number of rotatable bonds is 5. The van der Waals surface area contributed by atoms with Gasteiger partial charge in [-0.2, -0.15) is 0 Å². The maximum Gasteiger partial charge on any atom is 0.0808 e. The molecule has 0 aromatic heterocycles. The van der Waals surface area contributed by atoms with Crippen molar-refractivity contribution in [3.8, 4) is 0 Å². The fourth-order valence-corrected chi connectivity index (χ4v) is 1.07. The second kappa shape index (κ2) is 5.20. The maximum absolute atomic E-state index is 9.87. The Hall–Kier alpha value is -0.600. The molecule has 0 aliphatic carbocycles. The van der Waals surface area contributed by atoms with Crippen LogP contribution < -0.4 is 5.73 Å². The fraction of sp³-hybridized carbons (Fsp3) is 0.636. The summed E-state index contributed by atoms with van der Waals surface area (Å²) in [4.78, 5) is 0. The lowest BCUT2D eigenvalue weighted by Crippen LogP contribution is -2.43. The van der Waals surface area contributed by atoms with E-state index in [1.807, 2.05) is 13.8 Å². The molecule has 2 nitrogen and oxygen atoms in total. The van der Waals surface area contributed by atoms with Gasteiger partial charge in [-0.25, -0.2) is 0 Å². The Morgan fingerprint density at radius 2 is 2.15 bits per heavy atom. The van der Waals surface area contributed by atoms with E-state index in [-0.39, 0.29) is 6.04 Å². The highest BCUT2D eigenvalue weighted by Gasteiger charge is 2.25. The number of hydrogen-bond donors (Lipinski definition) is 2.